The van der Waals surface area contributed by atoms with Crippen molar-refractivity contribution in [2.24, 2.45) is 0 Å². The monoisotopic (exact) mass is 211 g/mol. The van der Waals surface area contributed by atoms with Gasteiger partial charge in [0.15, 0.2) is 0 Å². The Bertz CT molecular complexity index is 358. The molecule has 6 nitrogen and oxygen atoms in total. The average Bonchev–Trinajstić information content (AvgIpc) is 2.52. The first-order valence-corrected chi connectivity index (χ1v) is 4.87. The van der Waals surface area contributed by atoms with Crippen molar-refractivity contribution < 1.29 is 4.79 Å². The summed E-state index contributed by atoms with van der Waals surface area (Å²) in [6, 6.07) is 0. The van der Waals surface area contributed by atoms with Crippen LogP contribution in [0.3, 0.4) is 0 Å². The zero-order valence-electron chi connectivity index (χ0n) is 9.29. The van der Waals surface area contributed by atoms with Gasteiger partial charge in [-0.25, -0.2) is 4.68 Å². The Morgan fingerprint density at radius 2 is 2.27 bits per heavy atom. The molecule has 0 aliphatic carbocycles. The molecule has 4 N–H and O–H groups in total. The Kier molecular flexibility index (Phi) is 3.54. The van der Waals surface area contributed by atoms with E-state index in [0.717, 1.165) is 5.69 Å². The highest BCUT2D eigenvalue weighted by Crippen LogP contribution is 2.21. The molecule has 0 bridgehead atoms. The number of aryl methyl sites for hydroxylation is 2. The first-order chi connectivity index (χ1) is 7.10. The largest absolute Gasteiger partial charge is 0.394 e. The van der Waals surface area contributed by atoms with E-state index in [1.54, 1.807) is 11.7 Å². The Morgan fingerprint density at radius 1 is 1.60 bits per heavy atom. The normalized spacial score (nSPS) is 10.1. The number of nitrogens with one attached hydrogen (secondary N) is 2. The average molecular weight is 211 g/mol. The summed E-state index contributed by atoms with van der Waals surface area (Å²) in [6.45, 7) is 4.73. The van der Waals surface area contributed by atoms with Gasteiger partial charge >= 0.3 is 0 Å². The molecule has 1 aromatic heterocycles. The summed E-state index contributed by atoms with van der Waals surface area (Å²) in [4.78, 5) is 11.1. The van der Waals surface area contributed by atoms with Gasteiger partial charge in [-0.1, -0.05) is 0 Å². The summed E-state index contributed by atoms with van der Waals surface area (Å²) in [7, 11) is 1.59. The molecule has 84 valence electrons. The van der Waals surface area contributed by atoms with Gasteiger partial charge in [0.1, 0.15) is 5.82 Å². The number of likely N-dealkylation sites (N-methyl/N-ethyl adjacent to an activating group) is 1. The second kappa shape index (κ2) is 4.68. The zero-order valence-corrected chi connectivity index (χ0v) is 9.29. The molecule has 15 heavy (non-hydrogen) atoms. The van der Waals surface area contributed by atoms with Crippen molar-refractivity contribution in [1.82, 2.24) is 15.1 Å². The third-order valence-corrected chi connectivity index (χ3v) is 2.17. The summed E-state index contributed by atoms with van der Waals surface area (Å²) >= 11 is 0. The third-order valence-electron chi connectivity index (χ3n) is 2.17. The molecule has 1 aromatic rings. The molecule has 0 saturated carbocycles. The second-order valence-corrected chi connectivity index (χ2v) is 3.19. The van der Waals surface area contributed by atoms with E-state index in [2.05, 4.69) is 15.7 Å². The molecule has 0 spiro atoms. The topological polar surface area (TPSA) is 85.0 Å². The van der Waals surface area contributed by atoms with Crippen LogP contribution in [0.2, 0.25) is 0 Å². The van der Waals surface area contributed by atoms with Crippen LogP contribution in [0.1, 0.15) is 12.6 Å². The maximum absolute atomic E-state index is 11.1. The van der Waals surface area contributed by atoms with Crippen LogP contribution in [-0.2, 0) is 11.3 Å². The first-order valence-electron chi connectivity index (χ1n) is 4.87. The number of nitrogens with zero attached hydrogens (tertiary/aromatic N) is 2. The fraction of sp³-hybridized carbons (Fsp3) is 0.556. The van der Waals surface area contributed by atoms with Crippen molar-refractivity contribution >= 4 is 17.4 Å². The minimum absolute atomic E-state index is 0.0871. The number of carbonyl (C=O) groups is 1. The molecule has 0 radical (unpaired) electrons. The Hall–Kier alpha value is -1.72. The van der Waals surface area contributed by atoms with Crippen LogP contribution in [0, 0.1) is 6.92 Å². The van der Waals surface area contributed by atoms with Crippen LogP contribution < -0.4 is 16.4 Å². The van der Waals surface area contributed by atoms with E-state index in [0.29, 0.717) is 18.1 Å². The van der Waals surface area contributed by atoms with Crippen LogP contribution in [-0.4, -0.2) is 29.3 Å². The minimum Gasteiger partial charge on any atom is -0.394 e. The van der Waals surface area contributed by atoms with E-state index in [4.69, 9.17) is 5.73 Å². The van der Waals surface area contributed by atoms with Crippen LogP contribution in [0.5, 0.6) is 0 Å². The van der Waals surface area contributed by atoms with Crippen molar-refractivity contribution in [3.05, 3.63) is 5.69 Å². The van der Waals surface area contributed by atoms with Crippen LogP contribution in [0.4, 0.5) is 11.5 Å². The summed E-state index contributed by atoms with van der Waals surface area (Å²) in [5.74, 6) is 0.620. The van der Waals surface area contributed by atoms with Crippen LogP contribution in [0.25, 0.3) is 0 Å². The second-order valence-electron chi connectivity index (χ2n) is 3.19. The SMILES string of the molecule is CCn1nc(C)c(N)c1NCC(=O)NC. The van der Waals surface area contributed by atoms with Gasteiger partial charge in [-0.05, 0) is 13.8 Å². The summed E-state index contributed by atoms with van der Waals surface area (Å²) in [5.41, 5.74) is 7.20. The van der Waals surface area contributed by atoms with E-state index >= 15 is 0 Å². The molecular formula is C9H17N5O. The molecule has 0 aromatic carbocycles. The van der Waals surface area contributed by atoms with Crippen molar-refractivity contribution in [3.8, 4) is 0 Å². The molecule has 1 amide bonds. The number of hydrogen-bond donors (Lipinski definition) is 3. The maximum atomic E-state index is 11.1. The van der Waals surface area contributed by atoms with Crippen LogP contribution >= 0.6 is 0 Å². The fourth-order valence-electron chi connectivity index (χ4n) is 1.26. The number of nitrogens with two attached hydrogens (primary N) is 1. The van der Waals surface area contributed by atoms with Gasteiger partial charge in [-0.2, -0.15) is 5.10 Å². The van der Waals surface area contributed by atoms with Gasteiger partial charge in [0.2, 0.25) is 5.91 Å². The fourth-order valence-corrected chi connectivity index (χ4v) is 1.26. The number of aromatic nitrogens is 2. The van der Waals surface area contributed by atoms with Gasteiger partial charge in [0.05, 0.1) is 17.9 Å². The molecule has 1 rings (SSSR count). The number of carbonyl (C=O) groups excluding carboxylic acids is 1. The number of amides is 1. The van der Waals surface area contributed by atoms with E-state index in [9.17, 15) is 4.79 Å². The van der Waals surface area contributed by atoms with Crippen molar-refractivity contribution in [3.63, 3.8) is 0 Å². The Morgan fingerprint density at radius 3 is 2.80 bits per heavy atom. The highest BCUT2D eigenvalue weighted by atomic mass is 16.1. The number of rotatable bonds is 4. The molecular weight excluding hydrogens is 194 g/mol. The summed E-state index contributed by atoms with van der Waals surface area (Å²) < 4.78 is 1.74. The van der Waals surface area contributed by atoms with Gasteiger partial charge in [0.25, 0.3) is 0 Å². The quantitative estimate of drug-likeness (QED) is 0.652. The highest BCUT2D eigenvalue weighted by molar-refractivity contribution is 5.81. The van der Waals surface area contributed by atoms with Gasteiger partial charge in [0, 0.05) is 13.6 Å². The van der Waals surface area contributed by atoms with Crippen molar-refractivity contribution in [1.29, 1.82) is 0 Å². The number of nitrogen functional groups attached to an aromatic ring is 1. The molecule has 0 fully saturated rings. The lowest BCUT2D eigenvalue weighted by Gasteiger charge is -2.08. The summed E-state index contributed by atoms with van der Waals surface area (Å²) in [5, 5.41) is 9.72. The van der Waals surface area contributed by atoms with E-state index in [-0.39, 0.29) is 12.5 Å². The summed E-state index contributed by atoms with van der Waals surface area (Å²) in [6.07, 6.45) is 0. The Balaban J connectivity index is 2.79. The van der Waals surface area contributed by atoms with Crippen molar-refractivity contribution in [2.75, 3.05) is 24.6 Å². The van der Waals surface area contributed by atoms with E-state index in [1.807, 2.05) is 13.8 Å². The predicted octanol–water partition coefficient (Wildman–Crippen LogP) is -0.0485. The first kappa shape index (κ1) is 11.4. The van der Waals surface area contributed by atoms with E-state index < -0.39 is 0 Å². The molecule has 0 unspecified atom stereocenters. The zero-order chi connectivity index (χ0) is 11.4. The number of anilines is 2. The molecule has 0 atom stereocenters. The lowest BCUT2D eigenvalue weighted by atomic mass is 10.4. The third kappa shape index (κ3) is 2.39. The molecule has 6 heteroatoms. The lowest BCUT2D eigenvalue weighted by Crippen LogP contribution is -2.27. The van der Waals surface area contributed by atoms with Gasteiger partial charge in [-0.15, -0.1) is 0 Å². The standard InChI is InChI=1S/C9H17N5O/c1-4-14-9(8(10)6(2)13-14)12-5-7(15)11-3/h12H,4-5,10H2,1-3H3,(H,11,15). The van der Waals surface area contributed by atoms with Crippen molar-refractivity contribution in [2.45, 2.75) is 20.4 Å². The lowest BCUT2D eigenvalue weighted by molar-refractivity contribution is -0.118. The predicted molar refractivity (Wildman–Crippen MR) is 59.6 cm³/mol. The molecule has 0 aliphatic rings. The van der Waals surface area contributed by atoms with E-state index in [1.165, 1.54) is 0 Å². The molecule has 0 aliphatic heterocycles. The molecule has 0 saturated heterocycles. The Labute approximate surface area is 88.8 Å². The van der Waals surface area contributed by atoms with Crippen LogP contribution in [0.15, 0.2) is 0 Å². The number of hydrogen-bond acceptors (Lipinski definition) is 4. The van der Waals surface area contributed by atoms with Gasteiger partial charge in [-0.3, -0.25) is 4.79 Å². The molecule has 1 heterocycles. The van der Waals surface area contributed by atoms with Gasteiger partial charge < -0.3 is 16.4 Å². The maximum Gasteiger partial charge on any atom is 0.239 e. The smallest absolute Gasteiger partial charge is 0.239 e. The highest BCUT2D eigenvalue weighted by Gasteiger charge is 2.11. The minimum atomic E-state index is -0.0871.